The molecule has 0 fully saturated rings. The zero-order chi connectivity index (χ0) is 12.1. The lowest BCUT2D eigenvalue weighted by atomic mass is 10.2. The second kappa shape index (κ2) is 7.13. The summed E-state index contributed by atoms with van der Waals surface area (Å²) in [5.74, 6) is -0.0682. The number of hydrogen-bond acceptors (Lipinski definition) is 1. The Balaban J connectivity index is 0.00000162. The summed E-state index contributed by atoms with van der Waals surface area (Å²) in [4.78, 5) is 14.8. The molecule has 1 heterocycles. The smallest absolute Gasteiger partial charge is 0.251 e. The lowest BCUT2D eigenvalue weighted by Gasteiger charge is -2.03. The van der Waals surface area contributed by atoms with Crippen LogP contribution in [0.15, 0.2) is 53.3 Å². The van der Waals surface area contributed by atoms with Crippen molar-refractivity contribution >= 4 is 21.8 Å². The largest absolute Gasteiger partial charge is 1.00 e. The molecule has 1 aromatic heterocycles. The molecule has 3 nitrogen and oxygen atoms in total. The van der Waals surface area contributed by atoms with Crippen LogP contribution in [-0.2, 0) is 6.54 Å². The third-order valence-corrected chi connectivity index (χ3v) is 2.86. The first-order valence-corrected chi connectivity index (χ1v) is 6.04. The third kappa shape index (κ3) is 4.13. The molecule has 2 rings (SSSR count). The minimum atomic E-state index is -0.0682. The van der Waals surface area contributed by atoms with Crippen molar-refractivity contribution in [3.8, 4) is 0 Å². The summed E-state index contributed by atoms with van der Waals surface area (Å²) in [5.41, 5.74) is 1.70. The van der Waals surface area contributed by atoms with E-state index >= 15 is 0 Å². The minimum absolute atomic E-state index is 0. The fourth-order valence-electron chi connectivity index (χ4n) is 1.43. The predicted molar refractivity (Wildman–Crippen MR) is 68.3 cm³/mol. The highest BCUT2D eigenvalue weighted by Crippen LogP contribution is 2.10. The summed E-state index contributed by atoms with van der Waals surface area (Å²) in [6.07, 6.45) is 3.70. The summed E-state index contributed by atoms with van der Waals surface area (Å²) in [6, 6.07) is 11.1. The highest BCUT2D eigenvalue weighted by Gasteiger charge is 2.05. The van der Waals surface area contributed by atoms with E-state index < -0.39 is 0 Å². The molecule has 2 aromatic rings. The van der Waals surface area contributed by atoms with Crippen molar-refractivity contribution in [1.82, 2.24) is 5.32 Å². The van der Waals surface area contributed by atoms with E-state index in [0.717, 1.165) is 10.0 Å². The predicted octanol–water partition coefficient (Wildman–Crippen LogP) is -0.803. The van der Waals surface area contributed by atoms with Gasteiger partial charge in [0, 0.05) is 28.2 Å². The maximum atomic E-state index is 11.8. The number of nitrogens with one attached hydrogen (secondary N) is 2. The van der Waals surface area contributed by atoms with E-state index in [-0.39, 0.29) is 18.3 Å². The Morgan fingerprint density at radius 1 is 1.22 bits per heavy atom. The molecule has 0 radical (unpaired) electrons. The van der Waals surface area contributed by atoms with Crippen LogP contribution in [0.2, 0.25) is 0 Å². The number of aromatic amines is 1. The van der Waals surface area contributed by atoms with Gasteiger partial charge < -0.3 is 17.7 Å². The molecule has 0 aliphatic heterocycles. The lowest BCUT2D eigenvalue weighted by Crippen LogP contribution is -3.00. The maximum absolute atomic E-state index is 11.8. The van der Waals surface area contributed by atoms with Gasteiger partial charge in [-0.25, -0.2) is 4.98 Å². The number of amides is 1. The molecule has 0 unspecified atom stereocenters. The SMILES string of the molecule is O=C(NCc1ccc[nH+]c1)c1ccc(Br)cc1.[Cl-]. The Bertz CT molecular complexity index is 502. The average Bonchev–Trinajstić information content (AvgIpc) is 2.38. The maximum Gasteiger partial charge on any atom is 0.251 e. The van der Waals surface area contributed by atoms with E-state index in [4.69, 9.17) is 0 Å². The highest BCUT2D eigenvalue weighted by atomic mass is 79.9. The number of rotatable bonds is 3. The summed E-state index contributed by atoms with van der Waals surface area (Å²) in [5, 5.41) is 2.86. The zero-order valence-corrected chi connectivity index (χ0v) is 11.8. The van der Waals surface area contributed by atoms with Gasteiger partial charge in [-0.15, -0.1) is 0 Å². The number of hydrogen-bond donors (Lipinski definition) is 1. The highest BCUT2D eigenvalue weighted by molar-refractivity contribution is 9.10. The topological polar surface area (TPSA) is 43.2 Å². The molecule has 0 saturated carbocycles. The quantitative estimate of drug-likeness (QED) is 0.788. The number of carbonyl (C=O) groups excluding carboxylic acids is 1. The van der Waals surface area contributed by atoms with E-state index in [1.807, 2.05) is 36.7 Å². The molecule has 0 bridgehead atoms. The van der Waals surface area contributed by atoms with Crippen LogP contribution in [0.4, 0.5) is 0 Å². The Kier molecular flexibility index (Phi) is 5.82. The molecule has 18 heavy (non-hydrogen) atoms. The zero-order valence-electron chi connectivity index (χ0n) is 9.49. The van der Waals surface area contributed by atoms with Crippen molar-refractivity contribution in [3.05, 3.63) is 64.4 Å². The summed E-state index contributed by atoms with van der Waals surface area (Å²) < 4.78 is 0.965. The van der Waals surface area contributed by atoms with Gasteiger partial charge in [-0.2, -0.15) is 0 Å². The van der Waals surface area contributed by atoms with E-state index in [1.54, 1.807) is 12.1 Å². The lowest BCUT2D eigenvalue weighted by molar-refractivity contribution is -0.378. The first-order valence-electron chi connectivity index (χ1n) is 5.24. The minimum Gasteiger partial charge on any atom is -1.00 e. The first kappa shape index (κ1) is 14.7. The molecule has 2 N–H and O–H groups in total. The van der Waals surface area contributed by atoms with Crippen LogP contribution < -0.4 is 22.7 Å². The van der Waals surface area contributed by atoms with Gasteiger partial charge in [-0.1, -0.05) is 15.9 Å². The normalized spacial score (nSPS) is 9.39. The molecule has 94 valence electrons. The van der Waals surface area contributed by atoms with Gasteiger partial charge in [0.05, 0.1) is 0 Å². The van der Waals surface area contributed by atoms with Gasteiger partial charge >= 0.3 is 0 Å². The van der Waals surface area contributed by atoms with Crippen molar-refractivity contribution in [2.75, 3.05) is 0 Å². The molecule has 0 aliphatic carbocycles. The fourth-order valence-corrected chi connectivity index (χ4v) is 1.69. The van der Waals surface area contributed by atoms with E-state index in [0.29, 0.717) is 12.1 Å². The Morgan fingerprint density at radius 2 is 1.94 bits per heavy atom. The van der Waals surface area contributed by atoms with Crippen LogP contribution in [0.5, 0.6) is 0 Å². The van der Waals surface area contributed by atoms with Crippen molar-refractivity contribution < 1.29 is 22.2 Å². The van der Waals surface area contributed by atoms with Crippen LogP contribution in [0, 0.1) is 0 Å². The number of H-pyrrole nitrogens is 1. The first-order chi connectivity index (χ1) is 8.25. The number of pyridine rings is 1. The molecular weight excluding hydrogens is 316 g/mol. The van der Waals surface area contributed by atoms with Gasteiger partial charge in [0.1, 0.15) is 0 Å². The third-order valence-electron chi connectivity index (χ3n) is 2.33. The van der Waals surface area contributed by atoms with Crippen molar-refractivity contribution in [2.45, 2.75) is 6.54 Å². The van der Waals surface area contributed by atoms with E-state index in [1.165, 1.54) is 0 Å². The molecule has 0 saturated heterocycles. The van der Waals surface area contributed by atoms with E-state index in [2.05, 4.69) is 26.2 Å². The molecule has 5 heteroatoms. The standard InChI is InChI=1S/C13H11BrN2O.ClH/c14-12-5-3-11(4-6-12)13(17)16-9-10-2-1-7-15-8-10;/h1-8H,9H2,(H,16,17);1H. The molecule has 0 aliphatic rings. The summed E-state index contributed by atoms with van der Waals surface area (Å²) in [7, 11) is 0. The van der Waals surface area contributed by atoms with E-state index in [9.17, 15) is 4.79 Å². The number of halogens is 2. The Labute approximate surface area is 120 Å². The molecule has 1 aromatic carbocycles. The molecule has 0 spiro atoms. The molecule has 0 atom stereocenters. The van der Waals surface area contributed by atoms with Crippen molar-refractivity contribution in [3.63, 3.8) is 0 Å². The van der Waals surface area contributed by atoms with Gasteiger partial charge in [0.2, 0.25) is 0 Å². The summed E-state index contributed by atoms with van der Waals surface area (Å²) >= 11 is 3.33. The van der Waals surface area contributed by atoms with Crippen molar-refractivity contribution in [1.29, 1.82) is 0 Å². The fraction of sp³-hybridized carbons (Fsp3) is 0.0769. The number of benzene rings is 1. The van der Waals surface area contributed by atoms with Crippen LogP contribution >= 0.6 is 15.9 Å². The van der Waals surface area contributed by atoms with Crippen LogP contribution in [0.1, 0.15) is 15.9 Å². The van der Waals surface area contributed by atoms with Crippen LogP contribution in [0.3, 0.4) is 0 Å². The van der Waals surface area contributed by atoms with Crippen LogP contribution in [-0.4, -0.2) is 5.91 Å². The van der Waals surface area contributed by atoms with Gasteiger partial charge in [0.15, 0.2) is 12.4 Å². The van der Waals surface area contributed by atoms with Crippen LogP contribution in [0.25, 0.3) is 0 Å². The number of aromatic nitrogens is 1. The average molecular weight is 328 g/mol. The van der Waals surface area contributed by atoms with Gasteiger partial charge in [-0.05, 0) is 30.3 Å². The van der Waals surface area contributed by atoms with Gasteiger partial charge in [0.25, 0.3) is 5.91 Å². The Morgan fingerprint density at radius 3 is 2.56 bits per heavy atom. The second-order valence-corrected chi connectivity index (χ2v) is 4.52. The molecular formula is C13H12BrClN2O. The van der Waals surface area contributed by atoms with Crippen molar-refractivity contribution in [2.24, 2.45) is 0 Å². The van der Waals surface area contributed by atoms with Gasteiger partial charge in [-0.3, -0.25) is 4.79 Å². The monoisotopic (exact) mass is 326 g/mol. The Hall–Kier alpha value is -1.39. The second-order valence-electron chi connectivity index (χ2n) is 3.60. The summed E-state index contributed by atoms with van der Waals surface area (Å²) in [6.45, 7) is 0.520. The number of carbonyl (C=O) groups is 1. The molecule has 1 amide bonds.